The Morgan fingerprint density at radius 2 is 2.30 bits per heavy atom. The molecule has 1 fully saturated rings. The average molecular weight is 275 g/mol. The highest BCUT2D eigenvalue weighted by molar-refractivity contribution is 5.49. The van der Waals surface area contributed by atoms with Crippen LogP contribution in [-0.4, -0.2) is 33.0 Å². The van der Waals surface area contributed by atoms with Gasteiger partial charge < -0.3 is 15.0 Å². The number of hydrogen-bond acceptors (Lipinski definition) is 7. The Bertz CT molecular complexity index is 565. The second-order valence-electron chi connectivity index (χ2n) is 5.34. The Kier molecular flexibility index (Phi) is 3.45. The zero-order valence-electron chi connectivity index (χ0n) is 11.3. The lowest BCUT2D eigenvalue weighted by Crippen LogP contribution is -2.41. The van der Waals surface area contributed by atoms with E-state index in [9.17, 15) is 0 Å². The maximum Gasteiger partial charge on any atom is 0.259 e. The minimum Gasteiger partial charge on any atom is -0.376 e. The van der Waals surface area contributed by atoms with Gasteiger partial charge in [-0.3, -0.25) is 0 Å². The maximum atomic E-state index is 6.22. The first-order chi connectivity index (χ1) is 9.65. The van der Waals surface area contributed by atoms with Gasteiger partial charge in [0.1, 0.15) is 5.54 Å². The molecule has 2 N–H and O–H groups in total. The van der Waals surface area contributed by atoms with E-state index in [0.717, 1.165) is 18.4 Å². The van der Waals surface area contributed by atoms with Crippen molar-refractivity contribution in [3.05, 3.63) is 24.3 Å². The fraction of sp³-hybridized carbons (Fsp3) is 0.538. The molecule has 2 aromatic heterocycles. The third-order valence-corrected chi connectivity index (χ3v) is 3.44. The van der Waals surface area contributed by atoms with E-state index in [1.807, 2.05) is 6.92 Å². The minimum atomic E-state index is -0.766. The van der Waals surface area contributed by atoms with E-state index in [0.29, 0.717) is 24.4 Å². The van der Waals surface area contributed by atoms with Crippen LogP contribution in [0, 0.1) is 0 Å². The molecule has 7 heteroatoms. The normalized spacial score (nSPS) is 18.5. The summed E-state index contributed by atoms with van der Waals surface area (Å²) in [5.74, 6) is 0.818. The zero-order chi connectivity index (χ0) is 14.0. The van der Waals surface area contributed by atoms with Gasteiger partial charge >= 0.3 is 0 Å². The number of nitrogens with two attached hydrogens (primary N) is 1. The molecule has 0 spiro atoms. The molecule has 0 aromatic carbocycles. The van der Waals surface area contributed by atoms with Crippen molar-refractivity contribution in [3.63, 3.8) is 0 Å². The van der Waals surface area contributed by atoms with Crippen molar-refractivity contribution in [1.29, 1.82) is 0 Å². The van der Waals surface area contributed by atoms with Crippen molar-refractivity contribution in [3.8, 4) is 11.5 Å². The van der Waals surface area contributed by atoms with E-state index in [1.54, 1.807) is 18.5 Å². The van der Waals surface area contributed by atoms with Crippen molar-refractivity contribution in [2.24, 2.45) is 5.73 Å². The first kappa shape index (κ1) is 13.1. The number of rotatable bonds is 5. The summed E-state index contributed by atoms with van der Waals surface area (Å²) in [6.07, 6.45) is 6.91. The lowest BCUT2D eigenvalue weighted by Gasteiger charge is -2.29. The van der Waals surface area contributed by atoms with E-state index >= 15 is 0 Å². The highest BCUT2D eigenvalue weighted by atomic mass is 16.5. The number of ether oxygens (including phenoxy) is 1. The van der Waals surface area contributed by atoms with Gasteiger partial charge in [0, 0.05) is 0 Å². The van der Waals surface area contributed by atoms with Gasteiger partial charge in [-0.05, 0) is 32.3 Å². The molecule has 20 heavy (non-hydrogen) atoms. The van der Waals surface area contributed by atoms with Gasteiger partial charge in [0.15, 0.2) is 5.82 Å². The summed E-state index contributed by atoms with van der Waals surface area (Å²) in [7, 11) is 0. The van der Waals surface area contributed by atoms with Gasteiger partial charge in [0.2, 0.25) is 0 Å². The molecule has 3 rings (SSSR count). The summed E-state index contributed by atoms with van der Waals surface area (Å²) >= 11 is 0. The van der Waals surface area contributed by atoms with Crippen molar-refractivity contribution < 1.29 is 9.26 Å². The van der Waals surface area contributed by atoms with E-state index in [-0.39, 0.29) is 0 Å². The zero-order valence-corrected chi connectivity index (χ0v) is 11.3. The molecule has 1 aliphatic carbocycles. The highest BCUT2D eigenvalue weighted by Gasteiger charge is 2.30. The highest BCUT2D eigenvalue weighted by Crippen LogP contribution is 2.25. The lowest BCUT2D eigenvalue weighted by molar-refractivity contribution is -0.0222. The van der Waals surface area contributed by atoms with E-state index < -0.39 is 5.54 Å². The van der Waals surface area contributed by atoms with Crippen molar-refractivity contribution >= 4 is 0 Å². The molecule has 0 saturated heterocycles. The fourth-order valence-electron chi connectivity index (χ4n) is 1.88. The molecule has 2 heterocycles. The summed E-state index contributed by atoms with van der Waals surface area (Å²) < 4.78 is 11.0. The molecular formula is C13H17N5O2. The Balaban J connectivity index is 1.71. The Morgan fingerprint density at radius 3 is 2.95 bits per heavy atom. The molecule has 0 aliphatic heterocycles. The number of aromatic nitrogens is 4. The third-order valence-electron chi connectivity index (χ3n) is 3.44. The summed E-state index contributed by atoms with van der Waals surface area (Å²) in [6, 6.07) is 1.75. The summed E-state index contributed by atoms with van der Waals surface area (Å²) in [6.45, 7) is 2.22. The summed E-state index contributed by atoms with van der Waals surface area (Å²) in [5, 5.41) is 11.4. The Hall–Kier alpha value is -1.86. The molecule has 1 unspecified atom stereocenters. The average Bonchev–Trinajstić information content (AvgIpc) is 2.88. The Morgan fingerprint density at radius 1 is 1.45 bits per heavy atom. The van der Waals surface area contributed by atoms with Gasteiger partial charge in [-0.1, -0.05) is 5.16 Å². The van der Waals surface area contributed by atoms with Crippen molar-refractivity contribution in [2.75, 3.05) is 6.61 Å². The monoisotopic (exact) mass is 275 g/mol. The van der Waals surface area contributed by atoms with E-state index in [2.05, 4.69) is 20.3 Å². The largest absolute Gasteiger partial charge is 0.376 e. The lowest BCUT2D eigenvalue weighted by atomic mass is 9.95. The van der Waals surface area contributed by atoms with Gasteiger partial charge in [-0.25, -0.2) is 0 Å². The maximum absolute atomic E-state index is 6.22. The van der Waals surface area contributed by atoms with Crippen LogP contribution in [0.3, 0.4) is 0 Å². The van der Waals surface area contributed by atoms with Gasteiger partial charge in [-0.2, -0.15) is 15.2 Å². The van der Waals surface area contributed by atoms with Gasteiger partial charge in [0.25, 0.3) is 5.89 Å². The molecule has 106 valence electrons. The second kappa shape index (κ2) is 5.26. The van der Waals surface area contributed by atoms with Gasteiger partial charge in [0.05, 0.1) is 30.7 Å². The Labute approximate surface area is 116 Å². The number of hydrogen-bond donors (Lipinski definition) is 1. The van der Waals surface area contributed by atoms with E-state index in [1.165, 1.54) is 6.42 Å². The molecule has 2 aromatic rings. The molecule has 1 aliphatic rings. The molecule has 1 saturated carbocycles. The van der Waals surface area contributed by atoms with Crippen LogP contribution in [0.1, 0.15) is 32.0 Å². The smallest absolute Gasteiger partial charge is 0.259 e. The van der Waals surface area contributed by atoms with Crippen LogP contribution in [0.15, 0.2) is 23.0 Å². The summed E-state index contributed by atoms with van der Waals surface area (Å²) in [5.41, 5.74) is 6.17. The van der Waals surface area contributed by atoms with E-state index in [4.69, 9.17) is 15.0 Å². The minimum absolute atomic E-state index is 0.327. The second-order valence-corrected chi connectivity index (χ2v) is 5.34. The molecule has 0 bridgehead atoms. The fourth-order valence-corrected chi connectivity index (χ4v) is 1.88. The van der Waals surface area contributed by atoms with Crippen LogP contribution < -0.4 is 5.73 Å². The molecular weight excluding hydrogens is 258 g/mol. The van der Waals surface area contributed by atoms with Crippen molar-refractivity contribution in [1.82, 2.24) is 20.3 Å². The first-order valence-corrected chi connectivity index (χ1v) is 6.67. The third kappa shape index (κ3) is 2.68. The van der Waals surface area contributed by atoms with Crippen LogP contribution in [0.25, 0.3) is 11.5 Å². The predicted octanol–water partition coefficient (Wildman–Crippen LogP) is 1.27. The van der Waals surface area contributed by atoms with Crippen LogP contribution in [-0.2, 0) is 10.3 Å². The molecule has 0 amide bonds. The predicted molar refractivity (Wildman–Crippen MR) is 70.5 cm³/mol. The summed E-state index contributed by atoms with van der Waals surface area (Å²) in [4.78, 5) is 4.32. The first-order valence-electron chi connectivity index (χ1n) is 6.67. The quantitative estimate of drug-likeness (QED) is 0.876. The van der Waals surface area contributed by atoms with Crippen LogP contribution >= 0.6 is 0 Å². The topological polar surface area (TPSA) is 100.0 Å². The van der Waals surface area contributed by atoms with Crippen LogP contribution in [0.4, 0.5) is 0 Å². The van der Waals surface area contributed by atoms with Crippen molar-refractivity contribution in [2.45, 2.75) is 37.8 Å². The SMILES string of the molecule is CC(N)(COC1CCC1)c1noc(-c2ccnnc2)n1. The van der Waals surface area contributed by atoms with Gasteiger partial charge in [-0.15, -0.1) is 0 Å². The van der Waals surface area contributed by atoms with Crippen LogP contribution in [0.2, 0.25) is 0 Å². The molecule has 1 atom stereocenters. The molecule has 7 nitrogen and oxygen atoms in total. The molecule has 0 radical (unpaired) electrons. The standard InChI is InChI=1S/C13H17N5O2/c1-13(14,8-19-10-3-2-4-10)12-17-11(20-18-12)9-5-6-15-16-7-9/h5-7,10H,2-4,8,14H2,1H3. The van der Waals surface area contributed by atoms with Crippen LogP contribution in [0.5, 0.6) is 0 Å². The number of nitrogens with zero attached hydrogens (tertiary/aromatic N) is 4.